The first-order valence-electron chi connectivity index (χ1n) is 26.3. The van der Waals surface area contributed by atoms with Crippen LogP contribution in [-0.2, 0) is 18.4 Å². The number of carbonyl (C=O) groups excluding carboxylic acids is 1. The summed E-state index contributed by atoms with van der Waals surface area (Å²) in [5.74, 6) is -0.182. The van der Waals surface area contributed by atoms with Crippen molar-refractivity contribution >= 4 is 13.7 Å². The summed E-state index contributed by atoms with van der Waals surface area (Å²) in [6.07, 6.45) is 63.2. The van der Waals surface area contributed by atoms with E-state index in [-0.39, 0.29) is 19.1 Å². The van der Waals surface area contributed by atoms with E-state index in [0.29, 0.717) is 17.4 Å². The van der Waals surface area contributed by atoms with Gasteiger partial charge in [0.1, 0.15) is 13.2 Å². The number of unbranched alkanes of at least 4 members (excludes halogenated alkanes) is 24. The van der Waals surface area contributed by atoms with Gasteiger partial charge in [-0.25, -0.2) is 4.57 Å². The number of carbonyl (C=O) groups is 1. The molecule has 0 heterocycles. The van der Waals surface area contributed by atoms with Crippen LogP contribution in [0.4, 0.5) is 0 Å². The SMILES string of the molecule is CC/C=C\C/C=C\C/C=C\C/C=C\C/C=C\CCCCCCCCCCCCCCCCCCCCCC(=O)NC(COP(=O)(O)OCC[N+](C)(C)C)C(O)/C=C/CCCCCCC. The van der Waals surface area contributed by atoms with Crippen molar-refractivity contribution in [2.45, 2.75) is 231 Å². The zero-order valence-corrected chi connectivity index (χ0v) is 43.1. The number of aliphatic hydroxyl groups is 1. The van der Waals surface area contributed by atoms with Crippen LogP contribution in [0.2, 0.25) is 0 Å². The maximum atomic E-state index is 12.8. The summed E-state index contributed by atoms with van der Waals surface area (Å²) in [5, 5.41) is 13.7. The first kappa shape index (κ1) is 61.9. The van der Waals surface area contributed by atoms with Gasteiger partial charge in [-0.1, -0.05) is 222 Å². The Labute approximate surface area is 395 Å². The van der Waals surface area contributed by atoms with Gasteiger partial charge in [0, 0.05) is 6.42 Å². The lowest BCUT2D eigenvalue weighted by atomic mass is 10.0. The van der Waals surface area contributed by atoms with Crippen molar-refractivity contribution in [2.75, 3.05) is 40.9 Å². The first-order chi connectivity index (χ1) is 31.0. The van der Waals surface area contributed by atoms with Gasteiger partial charge >= 0.3 is 7.82 Å². The third-order valence-corrected chi connectivity index (χ3v) is 12.4. The third-order valence-electron chi connectivity index (χ3n) is 11.4. The molecule has 3 atom stereocenters. The minimum atomic E-state index is -4.33. The topological polar surface area (TPSA) is 105 Å². The number of allylic oxidation sites excluding steroid dienone is 11. The van der Waals surface area contributed by atoms with Gasteiger partial charge in [0.05, 0.1) is 39.9 Å². The molecule has 0 aromatic carbocycles. The highest BCUT2D eigenvalue weighted by Gasteiger charge is 2.27. The average molecular weight is 918 g/mol. The molecule has 0 aliphatic rings. The summed E-state index contributed by atoms with van der Waals surface area (Å²) in [7, 11) is 1.57. The van der Waals surface area contributed by atoms with Crippen molar-refractivity contribution in [2.24, 2.45) is 0 Å². The summed E-state index contributed by atoms with van der Waals surface area (Å²) in [6, 6.07) is -0.844. The van der Waals surface area contributed by atoms with Crippen LogP contribution >= 0.6 is 7.82 Å². The van der Waals surface area contributed by atoms with Crippen molar-refractivity contribution in [1.29, 1.82) is 0 Å². The summed E-state index contributed by atoms with van der Waals surface area (Å²) in [4.78, 5) is 23.1. The second-order valence-corrected chi connectivity index (χ2v) is 20.3. The number of quaternary nitrogens is 1. The van der Waals surface area contributed by atoms with Gasteiger partial charge in [0.25, 0.3) is 0 Å². The molecule has 0 saturated carbocycles. The number of rotatable bonds is 47. The highest BCUT2D eigenvalue weighted by Crippen LogP contribution is 2.43. The van der Waals surface area contributed by atoms with Crippen LogP contribution < -0.4 is 5.32 Å². The molecule has 0 saturated heterocycles. The number of nitrogens with one attached hydrogen (secondary N) is 1. The Kier molecular flexibility index (Phi) is 44.6. The summed E-state index contributed by atoms with van der Waals surface area (Å²) < 4.78 is 23.5. The molecule has 8 nitrogen and oxygen atoms in total. The summed E-state index contributed by atoms with van der Waals surface area (Å²) in [6.45, 7) is 4.64. The number of amides is 1. The Morgan fingerprint density at radius 3 is 1.38 bits per heavy atom. The molecule has 3 unspecified atom stereocenters. The Balaban J connectivity index is 3.87. The predicted molar refractivity (Wildman–Crippen MR) is 276 cm³/mol. The van der Waals surface area contributed by atoms with Crippen molar-refractivity contribution in [3.05, 3.63) is 72.9 Å². The van der Waals surface area contributed by atoms with Gasteiger partial charge < -0.3 is 19.8 Å². The summed E-state index contributed by atoms with van der Waals surface area (Å²) in [5.41, 5.74) is 0. The van der Waals surface area contributed by atoms with E-state index in [1.54, 1.807) is 6.08 Å². The van der Waals surface area contributed by atoms with E-state index < -0.39 is 20.0 Å². The molecule has 9 heteroatoms. The number of aliphatic hydroxyl groups excluding tert-OH is 1. The molecule has 0 bridgehead atoms. The van der Waals surface area contributed by atoms with Crippen molar-refractivity contribution < 1.29 is 32.9 Å². The van der Waals surface area contributed by atoms with E-state index in [1.165, 1.54) is 128 Å². The number of phosphoric ester groups is 1. The Morgan fingerprint density at radius 2 is 0.938 bits per heavy atom. The lowest BCUT2D eigenvalue weighted by molar-refractivity contribution is -0.870. The molecule has 0 spiro atoms. The molecule has 0 aliphatic heterocycles. The van der Waals surface area contributed by atoms with Gasteiger partial charge in [-0.15, -0.1) is 0 Å². The Hall–Kier alpha value is -2.06. The zero-order chi connectivity index (χ0) is 47.1. The second-order valence-electron chi connectivity index (χ2n) is 18.9. The quantitative estimate of drug-likeness (QED) is 0.0243. The van der Waals surface area contributed by atoms with E-state index in [1.807, 2.05) is 27.2 Å². The number of hydrogen-bond acceptors (Lipinski definition) is 5. The van der Waals surface area contributed by atoms with Crippen molar-refractivity contribution in [1.82, 2.24) is 5.32 Å². The van der Waals surface area contributed by atoms with Crippen molar-refractivity contribution in [3.8, 4) is 0 Å². The minimum absolute atomic E-state index is 0.0601. The van der Waals surface area contributed by atoms with E-state index in [0.717, 1.165) is 70.6 Å². The van der Waals surface area contributed by atoms with E-state index in [4.69, 9.17) is 9.05 Å². The molecule has 64 heavy (non-hydrogen) atoms. The largest absolute Gasteiger partial charge is 0.472 e. The molecule has 3 N–H and O–H groups in total. The van der Waals surface area contributed by atoms with Crippen LogP contribution in [0, 0.1) is 0 Å². The van der Waals surface area contributed by atoms with Crippen LogP contribution in [0.5, 0.6) is 0 Å². The summed E-state index contributed by atoms with van der Waals surface area (Å²) >= 11 is 0. The maximum absolute atomic E-state index is 12.8. The molecular formula is C55H102N2O6P+. The molecule has 0 rings (SSSR count). The van der Waals surface area contributed by atoms with E-state index in [2.05, 4.69) is 79.9 Å². The van der Waals surface area contributed by atoms with Gasteiger partial charge in [0.2, 0.25) is 5.91 Å². The smallest absolute Gasteiger partial charge is 0.387 e. The van der Waals surface area contributed by atoms with E-state index in [9.17, 15) is 19.4 Å². The highest BCUT2D eigenvalue weighted by molar-refractivity contribution is 7.47. The highest BCUT2D eigenvalue weighted by atomic mass is 31.2. The predicted octanol–water partition coefficient (Wildman–Crippen LogP) is 15.5. The monoisotopic (exact) mass is 918 g/mol. The van der Waals surface area contributed by atoms with Gasteiger partial charge in [-0.2, -0.15) is 0 Å². The van der Waals surface area contributed by atoms with Crippen LogP contribution in [0.15, 0.2) is 72.9 Å². The van der Waals surface area contributed by atoms with Gasteiger partial charge in [-0.05, 0) is 64.2 Å². The second kappa shape index (κ2) is 46.1. The Morgan fingerprint density at radius 1 is 0.547 bits per heavy atom. The molecule has 0 fully saturated rings. The third kappa shape index (κ3) is 47.9. The molecule has 0 aromatic rings. The number of hydrogen-bond donors (Lipinski definition) is 3. The molecular weight excluding hydrogens is 816 g/mol. The van der Waals surface area contributed by atoms with Gasteiger partial charge in [-0.3, -0.25) is 13.8 Å². The van der Waals surface area contributed by atoms with Crippen LogP contribution in [-0.4, -0.2) is 73.4 Å². The normalized spacial score (nSPS) is 14.7. The minimum Gasteiger partial charge on any atom is -0.387 e. The Bertz CT molecular complexity index is 1270. The molecule has 0 radical (unpaired) electrons. The van der Waals surface area contributed by atoms with Crippen LogP contribution in [0.1, 0.15) is 219 Å². The maximum Gasteiger partial charge on any atom is 0.472 e. The fourth-order valence-corrected chi connectivity index (χ4v) is 8.04. The molecule has 0 aromatic heterocycles. The first-order valence-corrected chi connectivity index (χ1v) is 27.8. The number of nitrogens with zero attached hydrogens (tertiary/aromatic N) is 1. The van der Waals surface area contributed by atoms with Crippen LogP contribution in [0.25, 0.3) is 0 Å². The van der Waals surface area contributed by atoms with E-state index >= 15 is 0 Å². The standard InChI is InChI=1S/C55H101N2O6P/c1-6-8-10-12-14-15-16-17-18-19-20-21-22-23-24-25-26-27-28-29-30-31-32-33-34-35-36-37-38-39-40-41-43-45-47-49-55(59)56-53(54(58)48-46-44-42-13-11-9-7-2)52-63-64(60,61)62-51-50-57(3,4)5/h8,10,14-15,17-18,20-21,23-24,46,48,53-54,58H,6-7,9,11-13,16,19,22,25-45,47,49-52H2,1-5H3,(H-,56,59,60,61)/p+1/b10-8-,15-14-,18-17-,21-20-,24-23-,48-46+. The lowest BCUT2D eigenvalue weighted by Crippen LogP contribution is -2.45. The van der Waals surface area contributed by atoms with Crippen LogP contribution in [0.3, 0.4) is 0 Å². The van der Waals surface area contributed by atoms with Crippen molar-refractivity contribution in [3.63, 3.8) is 0 Å². The molecule has 1 amide bonds. The number of likely N-dealkylation sites (N-methyl/N-ethyl adjacent to an activating group) is 1. The molecule has 0 aliphatic carbocycles. The fraction of sp³-hybridized carbons (Fsp3) is 0.764. The van der Waals surface area contributed by atoms with Gasteiger partial charge in [0.15, 0.2) is 0 Å². The fourth-order valence-electron chi connectivity index (χ4n) is 7.30. The zero-order valence-electron chi connectivity index (χ0n) is 42.3. The number of phosphoric acid groups is 1. The molecule has 372 valence electrons. The average Bonchev–Trinajstić information content (AvgIpc) is 3.25. The lowest BCUT2D eigenvalue weighted by Gasteiger charge is -2.25.